The topological polar surface area (TPSA) is 87.2 Å². The summed E-state index contributed by atoms with van der Waals surface area (Å²) in [6.45, 7) is 2.89. The molecule has 20 heavy (non-hydrogen) atoms. The summed E-state index contributed by atoms with van der Waals surface area (Å²) in [5, 5.41) is 9.86. The lowest BCUT2D eigenvalue weighted by atomic mass is 10.2. The summed E-state index contributed by atoms with van der Waals surface area (Å²) in [5.41, 5.74) is 0. The van der Waals surface area contributed by atoms with Crippen LogP contribution in [0.4, 0.5) is 4.79 Å². The molecule has 1 aliphatic heterocycles. The van der Waals surface area contributed by atoms with Crippen LogP contribution < -0.4 is 0 Å². The molecular weight excluding hydrogens is 332 g/mol. The predicted octanol–water partition coefficient (Wildman–Crippen LogP) is 0.347. The summed E-state index contributed by atoms with van der Waals surface area (Å²) in [6.07, 6.45) is -0.174. The molecule has 1 heterocycles. The second-order valence-corrected chi connectivity index (χ2v) is 5.73. The fraction of sp³-hybridized carbons (Fsp3) is 0.750. The van der Waals surface area contributed by atoms with E-state index in [1.165, 1.54) is 18.7 Å². The van der Waals surface area contributed by atoms with Gasteiger partial charge in [-0.05, 0) is 20.3 Å². The van der Waals surface area contributed by atoms with Gasteiger partial charge in [0.1, 0.15) is 18.4 Å². The van der Waals surface area contributed by atoms with Crippen molar-refractivity contribution < 1.29 is 24.2 Å². The van der Waals surface area contributed by atoms with Gasteiger partial charge >= 0.3 is 6.03 Å². The van der Waals surface area contributed by atoms with E-state index in [0.29, 0.717) is 11.6 Å². The van der Waals surface area contributed by atoms with Gasteiger partial charge in [0, 0.05) is 18.9 Å². The van der Waals surface area contributed by atoms with Crippen molar-refractivity contribution in [1.82, 2.24) is 9.80 Å². The number of likely N-dealkylation sites (N-methyl/N-ethyl adjacent to an activating group) is 1. The van der Waals surface area contributed by atoms with Gasteiger partial charge in [-0.2, -0.15) is 0 Å². The van der Waals surface area contributed by atoms with Gasteiger partial charge in [0.05, 0.1) is 0 Å². The van der Waals surface area contributed by atoms with Crippen LogP contribution in [0.2, 0.25) is 0 Å². The largest absolute Gasteiger partial charge is 0.366 e. The predicted molar refractivity (Wildman–Crippen MR) is 74.3 cm³/mol. The van der Waals surface area contributed by atoms with Crippen molar-refractivity contribution in [3.8, 4) is 0 Å². The van der Waals surface area contributed by atoms with Gasteiger partial charge in [0.2, 0.25) is 0 Å². The Morgan fingerprint density at radius 3 is 2.50 bits per heavy atom. The second-order valence-electron chi connectivity index (χ2n) is 5.08. The highest BCUT2D eigenvalue weighted by Crippen LogP contribution is 2.19. The van der Waals surface area contributed by atoms with Gasteiger partial charge in [0.25, 0.3) is 5.91 Å². The number of carbonyl (C=O) groups is 3. The molecule has 3 amide bonds. The van der Waals surface area contributed by atoms with Crippen molar-refractivity contribution in [3.63, 3.8) is 0 Å². The summed E-state index contributed by atoms with van der Waals surface area (Å²) in [7, 11) is 1.55. The molecule has 0 aromatic rings. The lowest BCUT2D eigenvalue weighted by Gasteiger charge is -2.24. The number of aldehydes is 1. The zero-order valence-corrected chi connectivity index (χ0v) is 13.3. The maximum Gasteiger partial charge on any atom is 0.327 e. The van der Waals surface area contributed by atoms with E-state index in [0.717, 1.165) is 4.90 Å². The van der Waals surface area contributed by atoms with Gasteiger partial charge in [0.15, 0.2) is 5.79 Å². The molecule has 0 bridgehead atoms. The van der Waals surface area contributed by atoms with E-state index in [-0.39, 0.29) is 18.9 Å². The van der Waals surface area contributed by atoms with Gasteiger partial charge < -0.3 is 19.5 Å². The Kier molecular flexibility index (Phi) is 5.67. The number of aliphatic hydroxyl groups is 1. The molecule has 114 valence electrons. The van der Waals surface area contributed by atoms with Crippen LogP contribution in [0.1, 0.15) is 20.3 Å². The quantitative estimate of drug-likeness (QED) is 0.310. The monoisotopic (exact) mass is 350 g/mol. The molecular formula is C12H19BrN2O5. The minimum atomic E-state index is -1.44. The molecule has 8 heteroatoms. The Morgan fingerprint density at radius 1 is 1.50 bits per heavy atom. The van der Waals surface area contributed by atoms with Crippen LogP contribution in [0, 0.1) is 0 Å². The molecule has 1 fully saturated rings. The number of hydrogen-bond donors (Lipinski definition) is 1. The minimum absolute atomic E-state index is 0.0744. The third-order valence-electron chi connectivity index (χ3n) is 2.93. The van der Waals surface area contributed by atoms with Crippen LogP contribution in [0.5, 0.6) is 0 Å². The molecule has 0 aliphatic carbocycles. The van der Waals surface area contributed by atoms with Crippen molar-refractivity contribution in [1.29, 1.82) is 0 Å². The highest BCUT2D eigenvalue weighted by atomic mass is 79.9. The van der Waals surface area contributed by atoms with Crippen LogP contribution in [0.25, 0.3) is 0 Å². The van der Waals surface area contributed by atoms with Gasteiger partial charge in [-0.1, -0.05) is 15.9 Å². The number of carbonyl (C=O) groups excluding carboxylic acids is 3. The molecule has 0 radical (unpaired) electrons. The van der Waals surface area contributed by atoms with Crippen molar-refractivity contribution in [2.45, 2.75) is 38.2 Å². The third-order valence-corrected chi connectivity index (χ3v) is 3.54. The molecule has 2 unspecified atom stereocenters. The number of urea groups is 1. The smallest absolute Gasteiger partial charge is 0.327 e. The van der Waals surface area contributed by atoms with E-state index in [4.69, 9.17) is 4.74 Å². The van der Waals surface area contributed by atoms with E-state index in [9.17, 15) is 19.5 Å². The van der Waals surface area contributed by atoms with E-state index >= 15 is 0 Å². The molecule has 7 nitrogen and oxygen atoms in total. The summed E-state index contributed by atoms with van der Waals surface area (Å²) in [4.78, 5) is 37.2. The summed E-state index contributed by atoms with van der Waals surface area (Å²) >= 11 is 3.19. The Balaban J connectivity index is 2.62. The zero-order valence-electron chi connectivity index (χ0n) is 11.7. The van der Waals surface area contributed by atoms with Gasteiger partial charge in [-0.3, -0.25) is 9.69 Å². The van der Waals surface area contributed by atoms with E-state index in [1.807, 2.05) is 0 Å². The third kappa shape index (κ3) is 4.00. The van der Waals surface area contributed by atoms with E-state index < -0.39 is 24.0 Å². The first-order chi connectivity index (χ1) is 9.21. The maximum absolute atomic E-state index is 12.0. The van der Waals surface area contributed by atoms with Crippen LogP contribution in [-0.4, -0.2) is 70.0 Å². The fourth-order valence-corrected chi connectivity index (χ4v) is 2.63. The number of nitrogens with zero attached hydrogens (tertiary/aromatic N) is 2. The number of halogens is 1. The fourth-order valence-electron chi connectivity index (χ4n) is 1.92. The van der Waals surface area contributed by atoms with E-state index in [2.05, 4.69) is 15.9 Å². The first-order valence-electron chi connectivity index (χ1n) is 6.21. The SMILES string of the molecule is CN1C(=O)N(CCC(C=O)OC(C)(C)O)C(=O)C1CBr. The lowest BCUT2D eigenvalue weighted by molar-refractivity contribution is -0.202. The highest BCUT2D eigenvalue weighted by Gasteiger charge is 2.42. The van der Waals surface area contributed by atoms with Crippen molar-refractivity contribution in [3.05, 3.63) is 0 Å². The Bertz CT molecular complexity index is 396. The molecule has 2 atom stereocenters. The highest BCUT2D eigenvalue weighted by molar-refractivity contribution is 9.09. The van der Waals surface area contributed by atoms with Crippen LogP contribution in [0.3, 0.4) is 0 Å². The van der Waals surface area contributed by atoms with Crippen LogP contribution in [0.15, 0.2) is 0 Å². The molecule has 1 aliphatic rings. The number of amides is 3. The summed E-state index contributed by atoms with van der Waals surface area (Å²) < 4.78 is 5.11. The minimum Gasteiger partial charge on any atom is -0.366 e. The van der Waals surface area contributed by atoms with Crippen molar-refractivity contribution >= 4 is 34.2 Å². The molecule has 1 saturated heterocycles. The van der Waals surface area contributed by atoms with Crippen molar-refractivity contribution in [2.24, 2.45) is 0 Å². The Hall–Kier alpha value is -0.990. The molecule has 0 saturated carbocycles. The molecule has 0 spiro atoms. The summed E-state index contributed by atoms with van der Waals surface area (Å²) in [5.74, 6) is -1.75. The normalized spacial score (nSPS) is 21.6. The second kappa shape index (κ2) is 6.64. The molecule has 0 aromatic heterocycles. The molecule has 1 N–H and O–H groups in total. The summed E-state index contributed by atoms with van der Waals surface area (Å²) in [6, 6.07) is -0.917. The number of alkyl halides is 1. The lowest BCUT2D eigenvalue weighted by Crippen LogP contribution is -2.37. The average molecular weight is 351 g/mol. The Morgan fingerprint density at radius 2 is 2.10 bits per heavy atom. The van der Waals surface area contributed by atoms with E-state index in [1.54, 1.807) is 7.05 Å². The first-order valence-corrected chi connectivity index (χ1v) is 7.33. The number of imide groups is 1. The molecule has 0 aromatic carbocycles. The van der Waals surface area contributed by atoms with Crippen molar-refractivity contribution in [2.75, 3.05) is 18.9 Å². The Labute approximate surface area is 126 Å². The van der Waals surface area contributed by atoms with Gasteiger partial charge in [-0.15, -0.1) is 0 Å². The molecule has 1 rings (SSSR count). The number of ether oxygens (including phenoxy) is 1. The van der Waals surface area contributed by atoms with Crippen LogP contribution in [-0.2, 0) is 14.3 Å². The number of hydrogen-bond acceptors (Lipinski definition) is 5. The maximum atomic E-state index is 12.0. The standard InChI is InChI=1S/C12H19BrN2O5/c1-12(2,19)20-8(7-16)4-5-15-10(17)9(6-13)14(3)11(15)18/h7-9,19H,4-6H2,1-3H3. The van der Waals surface area contributed by atoms with Gasteiger partial charge in [-0.25, -0.2) is 4.79 Å². The zero-order chi connectivity index (χ0) is 15.5. The van der Waals surface area contributed by atoms with Crippen LogP contribution >= 0.6 is 15.9 Å². The number of rotatable bonds is 7. The first kappa shape index (κ1) is 17.1. The average Bonchev–Trinajstić information content (AvgIpc) is 2.55.